The molecule has 150 valence electrons. The number of halogens is 3. The molecule has 1 amide bonds. The molecule has 0 N–H and O–H groups in total. The number of imidazole rings is 1. The Hall–Kier alpha value is -2.73. The molecule has 0 radical (unpaired) electrons. The van der Waals surface area contributed by atoms with Crippen LogP contribution in [0, 0.1) is 17.6 Å². The summed E-state index contributed by atoms with van der Waals surface area (Å²) in [6.45, 7) is 1.35. The van der Waals surface area contributed by atoms with Gasteiger partial charge in [-0.3, -0.25) is 4.79 Å². The van der Waals surface area contributed by atoms with E-state index in [4.69, 9.17) is 11.6 Å². The monoisotopic (exact) mass is 415 g/mol. The Morgan fingerprint density at radius 1 is 1.14 bits per heavy atom. The molecular weight excluding hydrogens is 396 g/mol. The fourth-order valence-corrected chi connectivity index (χ4v) is 3.37. The van der Waals surface area contributed by atoms with Gasteiger partial charge in [0.25, 0.3) is 5.91 Å². The first kappa shape index (κ1) is 19.6. The van der Waals surface area contributed by atoms with E-state index in [-0.39, 0.29) is 5.91 Å². The van der Waals surface area contributed by atoms with E-state index in [1.807, 2.05) is 4.57 Å². The Balaban J connectivity index is 1.53. The second-order valence-electron chi connectivity index (χ2n) is 7.36. The molecule has 1 aromatic heterocycles. The predicted molar refractivity (Wildman–Crippen MR) is 107 cm³/mol. The van der Waals surface area contributed by atoms with E-state index in [0.29, 0.717) is 47.5 Å². The lowest BCUT2D eigenvalue weighted by atomic mass is 10.2. The van der Waals surface area contributed by atoms with Crippen LogP contribution >= 0.6 is 11.6 Å². The number of rotatable bonds is 7. The highest BCUT2D eigenvalue weighted by Gasteiger charge is 2.28. The SMILES string of the molecule is O=C(c1ccc(Cl)cc1)N(Cc1nccn1Cc1ccc(F)c(F)c1)CC1CC1. The lowest BCUT2D eigenvalue weighted by Gasteiger charge is -2.23. The average Bonchev–Trinajstić information content (AvgIpc) is 3.43. The van der Waals surface area contributed by atoms with Crippen LogP contribution in [0.15, 0.2) is 54.9 Å². The maximum Gasteiger partial charge on any atom is 0.254 e. The first-order valence-electron chi connectivity index (χ1n) is 9.48. The molecular formula is C22H20ClF2N3O. The third-order valence-corrected chi connectivity index (χ3v) is 5.28. The van der Waals surface area contributed by atoms with Crippen LogP contribution < -0.4 is 0 Å². The quantitative estimate of drug-likeness (QED) is 0.549. The van der Waals surface area contributed by atoms with Crippen LogP contribution in [-0.2, 0) is 13.1 Å². The zero-order valence-electron chi connectivity index (χ0n) is 15.7. The summed E-state index contributed by atoms with van der Waals surface area (Å²) in [4.78, 5) is 19.2. The van der Waals surface area contributed by atoms with Gasteiger partial charge in [0.1, 0.15) is 5.82 Å². The van der Waals surface area contributed by atoms with Crippen molar-refractivity contribution in [1.82, 2.24) is 14.5 Å². The highest BCUT2D eigenvalue weighted by Crippen LogP contribution is 2.30. The van der Waals surface area contributed by atoms with Crippen molar-refractivity contribution in [3.8, 4) is 0 Å². The van der Waals surface area contributed by atoms with E-state index < -0.39 is 11.6 Å². The molecule has 3 aromatic rings. The van der Waals surface area contributed by atoms with Gasteiger partial charge in [-0.1, -0.05) is 17.7 Å². The first-order chi connectivity index (χ1) is 14.0. The van der Waals surface area contributed by atoms with Gasteiger partial charge >= 0.3 is 0 Å². The minimum Gasteiger partial charge on any atom is -0.331 e. The molecule has 0 aliphatic heterocycles. The maximum atomic E-state index is 13.5. The van der Waals surface area contributed by atoms with Gasteiger partial charge in [0.05, 0.1) is 6.54 Å². The molecule has 0 spiro atoms. The summed E-state index contributed by atoms with van der Waals surface area (Å²) < 4.78 is 28.6. The molecule has 1 aliphatic carbocycles. The van der Waals surface area contributed by atoms with Gasteiger partial charge < -0.3 is 9.47 Å². The number of carbonyl (C=O) groups is 1. The van der Waals surface area contributed by atoms with Crippen molar-refractivity contribution in [3.05, 3.63) is 88.5 Å². The first-order valence-corrected chi connectivity index (χ1v) is 9.86. The van der Waals surface area contributed by atoms with E-state index in [2.05, 4.69) is 4.98 Å². The smallest absolute Gasteiger partial charge is 0.254 e. The third-order valence-electron chi connectivity index (χ3n) is 5.02. The van der Waals surface area contributed by atoms with Crippen LogP contribution in [0.3, 0.4) is 0 Å². The molecule has 1 fully saturated rings. The number of benzene rings is 2. The lowest BCUT2D eigenvalue weighted by molar-refractivity contribution is 0.0729. The summed E-state index contributed by atoms with van der Waals surface area (Å²) >= 11 is 5.94. The number of amides is 1. The van der Waals surface area contributed by atoms with Gasteiger partial charge in [-0.25, -0.2) is 13.8 Å². The van der Waals surface area contributed by atoms with Crippen LogP contribution in [0.5, 0.6) is 0 Å². The van der Waals surface area contributed by atoms with Gasteiger partial charge in [0.2, 0.25) is 0 Å². The van der Waals surface area contributed by atoms with Crippen LogP contribution in [-0.4, -0.2) is 26.9 Å². The number of nitrogens with zero attached hydrogens (tertiary/aromatic N) is 3. The number of hydrogen-bond acceptors (Lipinski definition) is 2. The molecule has 0 atom stereocenters. The van der Waals surface area contributed by atoms with Crippen LogP contribution in [0.4, 0.5) is 8.78 Å². The Kier molecular flexibility index (Phi) is 5.62. The standard InChI is InChI=1S/C22H20ClF2N3O/c23-18-6-4-17(5-7-18)22(29)28(12-15-1-2-15)14-21-26-9-10-27(21)13-16-3-8-19(24)20(25)11-16/h3-11,15H,1-2,12-14H2. The molecule has 1 saturated carbocycles. The highest BCUT2D eigenvalue weighted by molar-refractivity contribution is 6.30. The van der Waals surface area contributed by atoms with Crippen LogP contribution in [0.2, 0.25) is 5.02 Å². The fraction of sp³-hybridized carbons (Fsp3) is 0.273. The van der Waals surface area contributed by atoms with Crippen molar-refractivity contribution in [2.45, 2.75) is 25.9 Å². The topological polar surface area (TPSA) is 38.1 Å². The predicted octanol–water partition coefficient (Wildman–Crippen LogP) is 4.92. The Morgan fingerprint density at radius 2 is 1.90 bits per heavy atom. The molecule has 0 bridgehead atoms. The zero-order valence-corrected chi connectivity index (χ0v) is 16.4. The van der Waals surface area contributed by atoms with Gasteiger partial charge in [-0.15, -0.1) is 0 Å². The molecule has 4 rings (SSSR count). The average molecular weight is 416 g/mol. The second-order valence-corrected chi connectivity index (χ2v) is 7.79. The molecule has 0 saturated heterocycles. The van der Waals surface area contributed by atoms with Crippen molar-refractivity contribution in [3.63, 3.8) is 0 Å². The van der Waals surface area contributed by atoms with E-state index in [1.165, 1.54) is 6.07 Å². The van der Waals surface area contributed by atoms with Gasteiger partial charge in [-0.05, 0) is 60.7 Å². The van der Waals surface area contributed by atoms with Crippen molar-refractivity contribution in [1.29, 1.82) is 0 Å². The number of hydrogen-bond donors (Lipinski definition) is 0. The third kappa shape index (κ3) is 4.82. The maximum absolute atomic E-state index is 13.5. The fourth-order valence-electron chi connectivity index (χ4n) is 3.25. The minimum absolute atomic E-state index is 0.0732. The van der Waals surface area contributed by atoms with E-state index >= 15 is 0 Å². The van der Waals surface area contributed by atoms with Gasteiger partial charge in [-0.2, -0.15) is 0 Å². The lowest BCUT2D eigenvalue weighted by Crippen LogP contribution is -2.33. The minimum atomic E-state index is -0.877. The summed E-state index contributed by atoms with van der Waals surface area (Å²) in [5.74, 6) is -0.615. The van der Waals surface area contributed by atoms with Crippen molar-refractivity contribution in [2.75, 3.05) is 6.54 Å². The van der Waals surface area contributed by atoms with Crippen molar-refractivity contribution in [2.24, 2.45) is 5.92 Å². The van der Waals surface area contributed by atoms with E-state index in [9.17, 15) is 13.6 Å². The van der Waals surface area contributed by atoms with Gasteiger partial charge in [0, 0.05) is 36.1 Å². The van der Waals surface area contributed by atoms with Crippen molar-refractivity contribution < 1.29 is 13.6 Å². The van der Waals surface area contributed by atoms with E-state index in [1.54, 1.807) is 47.6 Å². The Bertz CT molecular complexity index is 1020. The molecule has 2 aromatic carbocycles. The molecule has 1 aliphatic rings. The molecule has 1 heterocycles. The van der Waals surface area contributed by atoms with Gasteiger partial charge in [0.15, 0.2) is 11.6 Å². The summed E-state index contributed by atoms with van der Waals surface area (Å²) in [7, 11) is 0. The van der Waals surface area contributed by atoms with Crippen LogP contribution in [0.25, 0.3) is 0 Å². The Morgan fingerprint density at radius 3 is 2.59 bits per heavy atom. The highest BCUT2D eigenvalue weighted by atomic mass is 35.5. The summed E-state index contributed by atoms with van der Waals surface area (Å²) in [5.41, 5.74) is 1.20. The zero-order chi connectivity index (χ0) is 20.4. The largest absolute Gasteiger partial charge is 0.331 e. The van der Waals surface area contributed by atoms with E-state index in [0.717, 1.165) is 18.9 Å². The van der Waals surface area contributed by atoms with Crippen LogP contribution in [0.1, 0.15) is 34.6 Å². The summed E-state index contributed by atoms with van der Waals surface area (Å²) in [6, 6.07) is 10.7. The molecule has 29 heavy (non-hydrogen) atoms. The van der Waals surface area contributed by atoms with Crippen molar-refractivity contribution >= 4 is 17.5 Å². The number of carbonyl (C=O) groups excluding carboxylic acids is 1. The summed E-state index contributed by atoms with van der Waals surface area (Å²) in [5, 5.41) is 0.581. The molecule has 4 nitrogen and oxygen atoms in total. The molecule has 7 heteroatoms. The summed E-state index contributed by atoms with van der Waals surface area (Å²) in [6.07, 6.45) is 5.66. The Labute approximate surface area is 172 Å². The second kappa shape index (κ2) is 8.33. The normalized spacial score (nSPS) is 13.5. The molecule has 0 unspecified atom stereocenters. The number of aromatic nitrogens is 2.